The molecule has 2 aromatic heterocycles. The maximum absolute atomic E-state index is 12.8. The first-order valence-electron chi connectivity index (χ1n) is 4.68. The summed E-state index contributed by atoms with van der Waals surface area (Å²) in [5, 5.41) is 4.00. The van der Waals surface area contributed by atoms with Crippen LogP contribution >= 0.6 is 0 Å². The lowest BCUT2D eigenvalue weighted by Gasteiger charge is -2.05. The van der Waals surface area contributed by atoms with Crippen molar-refractivity contribution < 1.29 is 9.13 Å². The summed E-state index contributed by atoms with van der Waals surface area (Å²) in [4.78, 5) is 7.31. The van der Waals surface area contributed by atoms with Gasteiger partial charge in [-0.15, -0.1) is 0 Å². The Balaban J connectivity index is 2.24. The van der Waals surface area contributed by atoms with Gasteiger partial charge in [0, 0.05) is 12.6 Å². The quantitative estimate of drug-likeness (QED) is 0.845. The van der Waals surface area contributed by atoms with Gasteiger partial charge in [0.15, 0.2) is 11.6 Å². The van der Waals surface area contributed by atoms with Crippen molar-refractivity contribution in [3.8, 4) is 11.9 Å². The minimum absolute atomic E-state index is 0.00546. The highest BCUT2D eigenvalue weighted by molar-refractivity contribution is 5.30. The summed E-state index contributed by atoms with van der Waals surface area (Å²) in [6.45, 7) is 2.57. The van der Waals surface area contributed by atoms with Crippen LogP contribution in [0.5, 0.6) is 11.9 Å². The number of hydrogen-bond acceptors (Lipinski definition) is 5. The molecule has 2 aromatic rings. The summed E-state index contributed by atoms with van der Waals surface area (Å²) in [6, 6.07) is 1.65. The van der Waals surface area contributed by atoms with Gasteiger partial charge >= 0.3 is 6.01 Å². The van der Waals surface area contributed by atoms with Crippen LogP contribution in [-0.4, -0.2) is 19.7 Å². The minimum atomic E-state index is -0.670. The van der Waals surface area contributed by atoms with Crippen molar-refractivity contribution in [2.24, 2.45) is 0 Å². The molecule has 0 saturated heterocycles. The summed E-state index contributed by atoms with van der Waals surface area (Å²) < 4.78 is 19.7. The van der Waals surface area contributed by atoms with E-state index < -0.39 is 5.82 Å². The molecule has 6 nitrogen and oxygen atoms in total. The van der Waals surface area contributed by atoms with E-state index in [1.807, 2.05) is 6.92 Å². The monoisotopic (exact) mass is 223 g/mol. The number of ether oxygens (including phenoxy) is 1. The number of aromatic nitrogens is 4. The van der Waals surface area contributed by atoms with Crippen molar-refractivity contribution in [1.29, 1.82) is 0 Å². The molecule has 2 rings (SSSR count). The van der Waals surface area contributed by atoms with Crippen LogP contribution in [-0.2, 0) is 6.54 Å². The van der Waals surface area contributed by atoms with Gasteiger partial charge in [0.25, 0.3) is 0 Å². The Morgan fingerprint density at radius 3 is 3.06 bits per heavy atom. The van der Waals surface area contributed by atoms with E-state index in [1.54, 1.807) is 16.9 Å². The molecule has 16 heavy (non-hydrogen) atoms. The molecule has 7 heteroatoms. The zero-order valence-electron chi connectivity index (χ0n) is 8.59. The van der Waals surface area contributed by atoms with Crippen LogP contribution in [0.3, 0.4) is 0 Å². The zero-order chi connectivity index (χ0) is 11.5. The largest absolute Gasteiger partial charge is 0.405 e. The standard InChI is InChI=1S/C9H10FN5O/c1-2-15-7(3-4-13-15)16-9-12-5-6(10)8(11)14-9/h3-5H,2H2,1H3,(H2,11,12,14). The van der Waals surface area contributed by atoms with Crippen molar-refractivity contribution in [1.82, 2.24) is 19.7 Å². The molecular formula is C9H10FN5O. The summed E-state index contributed by atoms with van der Waals surface area (Å²) in [6.07, 6.45) is 2.55. The number of rotatable bonds is 3. The molecular weight excluding hydrogens is 213 g/mol. The molecule has 0 atom stereocenters. The summed E-state index contributed by atoms with van der Waals surface area (Å²) in [5.41, 5.74) is 5.29. The van der Waals surface area contributed by atoms with Crippen LogP contribution in [0.2, 0.25) is 0 Å². The fraction of sp³-hybridized carbons (Fsp3) is 0.222. The predicted octanol–water partition coefficient (Wildman–Crippen LogP) is 1.21. The lowest BCUT2D eigenvalue weighted by atomic mass is 10.6. The maximum Gasteiger partial charge on any atom is 0.325 e. The molecule has 0 aliphatic carbocycles. The average Bonchev–Trinajstić information content (AvgIpc) is 2.71. The highest BCUT2D eigenvalue weighted by Gasteiger charge is 2.08. The van der Waals surface area contributed by atoms with E-state index in [2.05, 4.69) is 15.1 Å². The first kappa shape index (κ1) is 10.3. The number of anilines is 1. The van der Waals surface area contributed by atoms with Gasteiger partial charge in [-0.1, -0.05) is 0 Å². The summed E-state index contributed by atoms with van der Waals surface area (Å²) in [7, 11) is 0. The maximum atomic E-state index is 12.8. The predicted molar refractivity (Wildman–Crippen MR) is 54.4 cm³/mol. The van der Waals surface area contributed by atoms with E-state index in [0.29, 0.717) is 12.4 Å². The molecule has 0 spiro atoms. The number of nitrogens with zero attached hydrogens (tertiary/aromatic N) is 4. The van der Waals surface area contributed by atoms with E-state index in [-0.39, 0.29) is 11.8 Å². The van der Waals surface area contributed by atoms with Gasteiger partial charge in [-0.2, -0.15) is 10.1 Å². The van der Waals surface area contributed by atoms with Crippen molar-refractivity contribution in [3.63, 3.8) is 0 Å². The lowest BCUT2D eigenvalue weighted by molar-refractivity contribution is 0.386. The van der Waals surface area contributed by atoms with Crippen molar-refractivity contribution in [2.45, 2.75) is 13.5 Å². The number of nitrogen functional groups attached to an aromatic ring is 1. The van der Waals surface area contributed by atoms with E-state index in [1.165, 1.54) is 0 Å². The molecule has 2 heterocycles. The molecule has 0 bridgehead atoms. The van der Waals surface area contributed by atoms with Crippen molar-refractivity contribution >= 4 is 5.82 Å². The first-order valence-corrected chi connectivity index (χ1v) is 4.68. The molecule has 2 N–H and O–H groups in total. The number of hydrogen-bond donors (Lipinski definition) is 1. The molecule has 0 fully saturated rings. The minimum Gasteiger partial charge on any atom is -0.405 e. The molecule has 0 unspecified atom stereocenters. The smallest absolute Gasteiger partial charge is 0.325 e. The van der Waals surface area contributed by atoms with E-state index in [9.17, 15) is 4.39 Å². The highest BCUT2D eigenvalue weighted by atomic mass is 19.1. The van der Waals surface area contributed by atoms with E-state index >= 15 is 0 Å². The van der Waals surface area contributed by atoms with Gasteiger partial charge in [0.2, 0.25) is 5.88 Å². The third-order valence-corrected chi connectivity index (χ3v) is 1.92. The fourth-order valence-electron chi connectivity index (χ4n) is 1.15. The van der Waals surface area contributed by atoms with Crippen molar-refractivity contribution in [3.05, 3.63) is 24.3 Å². The molecule has 0 aliphatic heterocycles. The Hall–Kier alpha value is -2.18. The molecule has 0 aliphatic rings. The van der Waals surface area contributed by atoms with Crippen LogP contribution in [0.4, 0.5) is 10.2 Å². The summed E-state index contributed by atoms with van der Waals surface area (Å²) >= 11 is 0. The van der Waals surface area contributed by atoms with Crippen LogP contribution in [0.15, 0.2) is 18.5 Å². The Labute approximate surface area is 90.9 Å². The molecule has 0 aromatic carbocycles. The Bertz CT molecular complexity index is 498. The van der Waals surface area contributed by atoms with Crippen LogP contribution < -0.4 is 10.5 Å². The van der Waals surface area contributed by atoms with Gasteiger partial charge in [-0.05, 0) is 6.92 Å². The van der Waals surface area contributed by atoms with Gasteiger partial charge in [0.1, 0.15) is 0 Å². The van der Waals surface area contributed by atoms with Crippen molar-refractivity contribution in [2.75, 3.05) is 5.73 Å². The van der Waals surface area contributed by atoms with Gasteiger partial charge < -0.3 is 10.5 Å². The normalized spacial score (nSPS) is 10.4. The van der Waals surface area contributed by atoms with E-state index in [0.717, 1.165) is 6.20 Å². The molecule has 0 amide bonds. The van der Waals surface area contributed by atoms with Gasteiger partial charge in [-0.3, -0.25) is 0 Å². The fourth-order valence-corrected chi connectivity index (χ4v) is 1.15. The number of nitrogens with two attached hydrogens (primary N) is 1. The average molecular weight is 223 g/mol. The Kier molecular flexibility index (Phi) is 2.67. The van der Waals surface area contributed by atoms with Crippen LogP contribution in [0.25, 0.3) is 0 Å². The van der Waals surface area contributed by atoms with Crippen LogP contribution in [0.1, 0.15) is 6.92 Å². The highest BCUT2D eigenvalue weighted by Crippen LogP contribution is 2.18. The zero-order valence-corrected chi connectivity index (χ0v) is 8.59. The Morgan fingerprint density at radius 2 is 2.38 bits per heavy atom. The topological polar surface area (TPSA) is 78.8 Å². The Morgan fingerprint density at radius 1 is 1.56 bits per heavy atom. The number of halogens is 1. The van der Waals surface area contributed by atoms with Gasteiger partial charge in [-0.25, -0.2) is 14.1 Å². The van der Waals surface area contributed by atoms with Gasteiger partial charge in [0.05, 0.1) is 12.4 Å². The second-order valence-corrected chi connectivity index (χ2v) is 2.97. The molecule has 0 radical (unpaired) electrons. The lowest BCUT2D eigenvalue weighted by Crippen LogP contribution is -2.03. The van der Waals surface area contributed by atoms with E-state index in [4.69, 9.17) is 10.5 Å². The number of aryl methyl sites for hydroxylation is 1. The second-order valence-electron chi connectivity index (χ2n) is 2.97. The van der Waals surface area contributed by atoms with Crippen LogP contribution in [0, 0.1) is 5.82 Å². The summed E-state index contributed by atoms with van der Waals surface area (Å²) in [5.74, 6) is -0.433. The third kappa shape index (κ3) is 1.92. The molecule has 0 saturated carbocycles. The third-order valence-electron chi connectivity index (χ3n) is 1.92. The molecule has 84 valence electrons. The second kappa shape index (κ2) is 4.13. The first-order chi connectivity index (χ1) is 7.70. The SMILES string of the molecule is CCn1nccc1Oc1ncc(F)c(N)n1.